The second-order valence-corrected chi connectivity index (χ2v) is 14.0. The van der Waals surface area contributed by atoms with Gasteiger partial charge in [-0.05, 0) is 63.2 Å². The Morgan fingerprint density at radius 3 is 2.16 bits per heavy atom. The molecule has 216 valence electrons. The Balaban J connectivity index is 1.09. The van der Waals surface area contributed by atoms with E-state index in [-0.39, 0.29) is 35.1 Å². The first kappa shape index (κ1) is 29.8. The maximum atomic E-state index is 13.7. The number of allylic oxidation sites excluding steroid dienone is 2. The van der Waals surface area contributed by atoms with Crippen LogP contribution < -0.4 is 0 Å². The third kappa shape index (κ3) is 5.40. The standard InChI is InChI=1S/C33H54O5/c1-5-6-7-8-9-10-11-12-13-14-15-16-17-18-19-20-27(34)37-25-32-28(35)31(36)24-29(2,3)23-26(31)30(4)21-22-33(30,32)38-32/h12-13,26,36H,5-11,14-25H2,1-4H3/b13-12-/t26-,30-,31+,32+,33-/m1/s1. The van der Waals surface area contributed by atoms with Crippen molar-refractivity contribution in [3.8, 4) is 0 Å². The lowest BCUT2D eigenvalue weighted by Gasteiger charge is -2.57. The maximum Gasteiger partial charge on any atom is 0.305 e. The van der Waals surface area contributed by atoms with Crippen molar-refractivity contribution in [2.75, 3.05) is 6.61 Å². The zero-order valence-corrected chi connectivity index (χ0v) is 24.7. The van der Waals surface area contributed by atoms with Gasteiger partial charge in [0.25, 0.3) is 0 Å². The topological polar surface area (TPSA) is 76.1 Å². The van der Waals surface area contributed by atoms with Crippen LogP contribution in [0.15, 0.2) is 12.2 Å². The molecule has 0 aromatic heterocycles. The van der Waals surface area contributed by atoms with Crippen molar-refractivity contribution in [1.82, 2.24) is 0 Å². The molecule has 3 aliphatic carbocycles. The number of epoxide rings is 1. The highest BCUT2D eigenvalue weighted by atomic mass is 16.7. The number of hydrogen-bond donors (Lipinski definition) is 1. The number of ketones is 1. The fourth-order valence-corrected chi connectivity index (χ4v) is 8.33. The van der Waals surface area contributed by atoms with Gasteiger partial charge in [-0.1, -0.05) is 91.2 Å². The summed E-state index contributed by atoms with van der Waals surface area (Å²) in [6.07, 6.45) is 24.0. The second-order valence-electron chi connectivity index (χ2n) is 14.0. The Morgan fingerprint density at radius 1 is 0.947 bits per heavy atom. The van der Waals surface area contributed by atoms with E-state index < -0.39 is 16.8 Å². The third-order valence-electron chi connectivity index (χ3n) is 10.6. The highest BCUT2D eigenvalue weighted by Gasteiger charge is 2.93. The van der Waals surface area contributed by atoms with Crippen LogP contribution in [0.3, 0.4) is 0 Å². The summed E-state index contributed by atoms with van der Waals surface area (Å²) >= 11 is 0. The molecule has 4 fully saturated rings. The summed E-state index contributed by atoms with van der Waals surface area (Å²) in [4.78, 5) is 26.2. The number of carbonyl (C=O) groups is 2. The molecule has 0 amide bonds. The van der Waals surface area contributed by atoms with Gasteiger partial charge in [0.15, 0.2) is 5.60 Å². The molecule has 5 nitrogen and oxygen atoms in total. The summed E-state index contributed by atoms with van der Waals surface area (Å²) < 4.78 is 11.9. The van der Waals surface area contributed by atoms with Crippen LogP contribution in [0.1, 0.15) is 143 Å². The minimum atomic E-state index is -1.37. The van der Waals surface area contributed by atoms with E-state index in [1.54, 1.807) is 0 Å². The lowest BCUT2D eigenvalue weighted by molar-refractivity contribution is -0.176. The predicted octanol–water partition coefficient (Wildman–Crippen LogP) is 7.63. The lowest BCUT2D eigenvalue weighted by Crippen LogP contribution is -2.70. The molecule has 4 rings (SSSR count). The summed E-state index contributed by atoms with van der Waals surface area (Å²) in [5.41, 5.74) is -3.34. The van der Waals surface area contributed by atoms with E-state index in [0.29, 0.717) is 12.8 Å². The second kappa shape index (κ2) is 11.7. The molecule has 0 bridgehead atoms. The average molecular weight is 531 g/mol. The average Bonchev–Trinajstić information content (AvgIpc) is 3.52. The predicted molar refractivity (Wildman–Crippen MR) is 151 cm³/mol. The number of carbonyl (C=O) groups excluding carboxylic acids is 2. The SMILES string of the molecule is CCCCCCCC/C=C\CCCCCCCC(=O)OC[C@@]12O[C@@]13CC[C@]3(C)[C@H]1CC(C)(C)C[C@@]1(O)C2=O. The Labute approximate surface area is 231 Å². The van der Waals surface area contributed by atoms with E-state index in [9.17, 15) is 14.7 Å². The van der Waals surface area contributed by atoms with Crippen LogP contribution in [0.5, 0.6) is 0 Å². The molecule has 1 aliphatic heterocycles. The Kier molecular flexibility index (Phi) is 9.19. The van der Waals surface area contributed by atoms with Crippen molar-refractivity contribution in [1.29, 1.82) is 0 Å². The molecule has 1 spiro atoms. The number of Topliss-reactive ketones (excluding diaryl/α,β-unsaturated/α-hetero) is 1. The molecule has 0 aromatic carbocycles. The third-order valence-corrected chi connectivity index (χ3v) is 10.6. The minimum absolute atomic E-state index is 0.0409. The molecule has 1 heterocycles. The summed E-state index contributed by atoms with van der Waals surface area (Å²) in [5, 5.41) is 11.6. The lowest BCUT2D eigenvalue weighted by atomic mass is 9.43. The quantitative estimate of drug-likeness (QED) is 0.0905. The number of esters is 1. The molecule has 1 N–H and O–H groups in total. The van der Waals surface area contributed by atoms with Crippen LogP contribution in [0, 0.1) is 16.7 Å². The number of aliphatic hydroxyl groups is 1. The fourth-order valence-electron chi connectivity index (χ4n) is 8.33. The Morgan fingerprint density at radius 2 is 1.55 bits per heavy atom. The monoisotopic (exact) mass is 530 g/mol. The zero-order valence-electron chi connectivity index (χ0n) is 24.7. The molecule has 38 heavy (non-hydrogen) atoms. The van der Waals surface area contributed by atoms with Gasteiger partial charge >= 0.3 is 5.97 Å². The summed E-state index contributed by atoms with van der Waals surface area (Å²) in [7, 11) is 0. The van der Waals surface area contributed by atoms with Crippen molar-refractivity contribution in [2.24, 2.45) is 16.7 Å². The van der Waals surface area contributed by atoms with Gasteiger partial charge in [0.1, 0.15) is 17.8 Å². The minimum Gasteiger partial charge on any atom is -0.462 e. The zero-order chi connectivity index (χ0) is 27.5. The van der Waals surface area contributed by atoms with Gasteiger partial charge < -0.3 is 14.6 Å². The van der Waals surface area contributed by atoms with Crippen LogP contribution >= 0.6 is 0 Å². The number of rotatable bonds is 17. The van der Waals surface area contributed by atoms with Crippen molar-refractivity contribution >= 4 is 11.8 Å². The van der Waals surface area contributed by atoms with Gasteiger partial charge in [-0.3, -0.25) is 9.59 Å². The number of fused-ring (bicyclic) bond motifs is 2. The van der Waals surface area contributed by atoms with Crippen LogP contribution in [-0.2, 0) is 19.1 Å². The van der Waals surface area contributed by atoms with Crippen molar-refractivity contribution in [3.05, 3.63) is 12.2 Å². The molecular weight excluding hydrogens is 476 g/mol. The van der Waals surface area contributed by atoms with Crippen LogP contribution in [-0.4, -0.2) is 40.3 Å². The Bertz CT molecular complexity index is 879. The number of unbranched alkanes of at least 4 members (excludes halogenated alkanes) is 11. The van der Waals surface area contributed by atoms with Crippen LogP contribution in [0.2, 0.25) is 0 Å². The van der Waals surface area contributed by atoms with Crippen LogP contribution in [0.4, 0.5) is 0 Å². The molecule has 3 saturated carbocycles. The van der Waals surface area contributed by atoms with E-state index >= 15 is 0 Å². The molecule has 0 aromatic rings. The number of hydrogen-bond acceptors (Lipinski definition) is 5. The largest absolute Gasteiger partial charge is 0.462 e. The Hall–Kier alpha value is -1.20. The normalized spacial score (nSPS) is 36.4. The highest BCUT2D eigenvalue weighted by Crippen LogP contribution is 2.80. The van der Waals surface area contributed by atoms with Gasteiger partial charge in [0.2, 0.25) is 5.78 Å². The van der Waals surface area contributed by atoms with Gasteiger partial charge in [-0.25, -0.2) is 0 Å². The summed E-state index contributed by atoms with van der Waals surface area (Å²) in [6.45, 7) is 8.67. The van der Waals surface area contributed by atoms with Crippen molar-refractivity contribution in [3.63, 3.8) is 0 Å². The molecule has 5 atom stereocenters. The van der Waals surface area contributed by atoms with E-state index in [2.05, 4.69) is 39.8 Å². The van der Waals surface area contributed by atoms with Gasteiger partial charge in [-0.15, -0.1) is 0 Å². The summed E-state index contributed by atoms with van der Waals surface area (Å²) in [5.74, 6) is -0.558. The molecule has 0 radical (unpaired) electrons. The first-order valence-electron chi connectivity index (χ1n) is 15.9. The van der Waals surface area contributed by atoms with Gasteiger partial charge in [0, 0.05) is 17.8 Å². The molecule has 4 aliphatic rings. The van der Waals surface area contributed by atoms with Gasteiger partial charge in [-0.2, -0.15) is 0 Å². The smallest absolute Gasteiger partial charge is 0.305 e. The van der Waals surface area contributed by atoms with E-state index in [4.69, 9.17) is 9.47 Å². The first-order chi connectivity index (χ1) is 18.1. The van der Waals surface area contributed by atoms with Crippen molar-refractivity contribution < 1.29 is 24.2 Å². The van der Waals surface area contributed by atoms with Crippen molar-refractivity contribution in [2.45, 2.75) is 160 Å². The molecule has 5 heteroatoms. The van der Waals surface area contributed by atoms with E-state index in [0.717, 1.165) is 44.9 Å². The van der Waals surface area contributed by atoms with Gasteiger partial charge in [0.05, 0.1) is 0 Å². The van der Waals surface area contributed by atoms with Crippen LogP contribution in [0.25, 0.3) is 0 Å². The summed E-state index contributed by atoms with van der Waals surface area (Å²) in [6, 6.07) is 0. The molecule has 0 unspecified atom stereocenters. The molecular formula is C33H54O5. The molecule has 1 saturated heterocycles. The maximum absolute atomic E-state index is 13.7. The number of ether oxygens (including phenoxy) is 2. The fraction of sp³-hybridized carbons (Fsp3) is 0.879. The van der Waals surface area contributed by atoms with E-state index in [1.165, 1.54) is 57.8 Å². The van der Waals surface area contributed by atoms with E-state index in [1.807, 2.05) is 0 Å². The highest BCUT2D eigenvalue weighted by molar-refractivity contribution is 6.01. The first-order valence-corrected chi connectivity index (χ1v) is 15.9.